The van der Waals surface area contributed by atoms with Crippen LogP contribution in [0.4, 0.5) is 0 Å². The molecule has 1 aliphatic heterocycles. The monoisotopic (exact) mass is 184 g/mol. The Balaban J connectivity index is 2.30. The summed E-state index contributed by atoms with van der Waals surface area (Å²) in [6, 6.07) is 0. The Labute approximate surface area is 82.5 Å². The molecule has 1 unspecified atom stereocenters. The van der Waals surface area contributed by atoms with Crippen LogP contribution in [0.25, 0.3) is 0 Å². The topological polar surface area (TPSA) is 29.3 Å². The first kappa shape index (κ1) is 11.0. The number of nitrogens with zero attached hydrogens (tertiary/aromatic N) is 1. The summed E-state index contributed by atoms with van der Waals surface area (Å²) in [4.78, 5) is 2.43. The van der Waals surface area contributed by atoms with Crippen molar-refractivity contribution in [1.29, 1.82) is 0 Å². The highest BCUT2D eigenvalue weighted by Gasteiger charge is 2.26. The normalized spacial score (nSPS) is 25.4. The molecule has 0 radical (unpaired) electrons. The summed E-state index contributed by atoms with van der Waals surface area (Å²) < 4.78 is 0. The van der Waals surface area contributed by atoms with Crippen LogP contribution in [-0.2, 0) is 0 Å². The molecule has 2 nitrogen and oxygen atoms in total. The van der Waals surface area contributed by atoms with Crippen molar-refractivity contribution in [2.24, 2.45) is 17.1 Å². The van der Waals surface area contributed by atoms with Crippen molar-refractivity contribution in [1.82, 2.24) is 4.90 Å². The van der Waals surface area contributed by atoms with Gasteiger partial charge in [-0.3, -0.25) is 0 Å². The van der Waals surface area contributed by atoms with Crippen molar-refractivity contribution in [2.75, 3.05) is 26.7 Å². The van der Waals surface area contributed by atoms with Crippen LogP contribution in [0, 0.1) is 11.3 Å². The fraction of sp³-hybridized carbons (Fsp3) is 1.00. The van der Waals surface area contributed by atoms with Crippen LogP contribution >= 0.6 is 0 Å². The van der Waals surface area contributed by atoms with Gasteiger partial charge in [0.05, 0.1) is 0 Å². The first-order valence-corrected chi connectivity index (χ1v) is 5.42. The summed E-state index contributed by atoms with van der Waals surface area (Å²) >= 11 is 0. The van der Waals surface area contributed by atoms with Gasteiger partial charge in [-0.1, -0.05) is 13.8 Å². The zero-order valence-electron chi connectivity index (χ0n) is 9.34. The van der Waals surface area contributed by atoms with Gasteiger partial charge < -0.3 is 10.6 Å². The van der Waals surface area contributed by atoms with E-state index in [1.54, 1.807) is 0 Å². The SMILES string of the molecule is CN1CCC(CC(C)(C)CCN)C1. The molecule has 1 fully saturated rings. The Hall–Kier alpha value is -0.0800. The van der Waals surface area contributed by atoms with Gasteiger partial charge in [-0.15, -0.1) is 0 Å². The zero-order valence-corrected chi connectivity index (χ0v) is 9.34. The second-order valence-electron chi connectivity index (χ2n) is 5.32. The third kappa shape index (κ3) is 3.65. The molecule has 0 amide bonds. The predicted molar refractivity (Wildman–Crippen MR) is 57.7 cm³/mol. The third-order valence-corrected chi connectivity index (χ3v) is 3.15. The van der Waals surface area contributed by atoms with Crippen LogP contribution in [0.15, 0.2) is 0 Å². The second-order valence-corrected chi connectivity index (χ2v) is 5.32. The van der Waals surface area contributed by atoms with E-state index in [2.05, 4.69) is 25.8 Å². The van der Waals surface area contributed by atoms with Crippen molar-refractivity contribution in [3.63, 3.8) is 0 Å². The molecule has 13 heavy (non-hydrogen) atoms. The van der Waals surface area contributed by atoms with E-state index in [4.69, 9.17) is 5.73 Å². The molecular formula is C11H24N2. The van der Waals surface area contributed by atoms with Crippen molar-refractivity contribution < 1.29 is 0 Å². The van der Waals surface area contributed by atoms with Crippen molar-refractivity contribution in [3.05, 3.63) is 0 Å². The van der Waals surface area contributed by atoms with E-state index in [0.717, 1.165) is 18.9 Å². The summed E-state index contributed by atoms with van der Waals surface area (Å²) in [6.07, 6.45) is 3.88. The molecule has 0 saturated carbocycles. The quantitative estimate of drug-likeness (QED) is 0.720. The van der Waals surface area contributed by atoms with Gasteiger partial charge in [0, 0.05) is 6.54 Å². The van der Waals surface area contributed by atoms with E-state index in [1.165, 1.54) is 25.9 Å². The zero-order chi connectivity index (χ0) is 9.90. The highest BCUT2D eigenvalue weighted by Crippen LogP contribution is 2.32. The Morgan fingerprint density at radius 3 is 2.62 bits per heavy atom. The Morgan fingerprint density at radius 2 is 2.15 bits per heavy atom. The average Bonchev–Trinajstić information content (AvgIpc) is 2.34. The summed E-state index contributed by atoms with van der Waals surface area (Å²) in [6.45, 7) is 8.09. The van der Waals surface area contributed by atoms with Crippen molar-refractivity contribution >= 4 is 0 Å². The Kier molecular flexibility index (Phi) is 3.74. The fourth-order valence-electron chi connectivity index (χ4n) is 2.47. The smallest absolute Gasteiger partial charge is 0.000729 e. The van der Waals surface area contributed by atoms with Crippen LogP contribution in [0.3, 0.4) is 0 Å². The van der Waals surface area contributed by atoms with E-state index in [1.807, 2.05) is 0 Å². The van der Waals surface area contributed by atoms with Crippen LogP contribution in [0.1, 0.15) is 33.1 Å². The molecule has 0 aromatic carbocycles. The molecule has 0 aromatic heterocycles. The molecule has 1 atom stereocenters. The van der Waals surface area contributed by atoms with Gasteiger partial charge in [0.2, 0.25) is 0 Å². The highest BCUT2D eigenvalue weighted by atomic mass is 15.1. The van der Waals surface area contributed by atoms with Gasteiger partial charge in [0.15, 0.2) is 0 Å². The van der Waals surface area contributed by atoms with Crippen molar-refractivity contribution in [2.45, 2.75) is 33.1 Å². The van der Waals surface area contributed by atoms with Crippen LogP contribution < -0.4 is 5.73 Å². The number of nitrogens with two attached hydrogens (primary N) is 1. The lowest BCUT2D eigenvalue weighted by Crippen LogP contribution is -2.22. The minimum atomic E-state index is 0.449. The first-order valence-electron chi connectivity index (χ1n) is 5.42. The van der Waals surface area contributed by atoms with Crippen LogP contribution in [-0.4, -0.2) is 31.6 Å². The maximum Gasteiger partial charge on any atom is 0.000729 e. The lowest BCUT2D eigenvalue weighted by Gasteiger charge is -2.27. The van der Waals surface area contributed by atoms with Gasteiger partial charge in [-0.25, -0.2) is 0 Å². The maximum absolute atomic E-state index is 5.61. The van der Waals surface area contributed by atoms with Gasteiger partial charge in [-0.05, 0) is 50.7 Å². The largest absolute Gasteiger partial charge is 0.330 e. The Morgan fingerprint density at radius 1 is 1.46 bits per heavy atom. The summed E-state index contributed by atoms with van der Waals surface area (Å²) in [5, 5.41) is 0. The third-order valence-electron chi connectivity index (χ3n) is 3.15. The molecule has 0 aliphatic carbocycles. The van der Waals surface area contributed by atoms with E-state index in [-0.39, 0.29) is 0 Å². The molecule has 1 rings (SSSR count). The van der Waals surface area contributed by atoms with E-state index >= 15 is 0 Å². The molecule has 2 N–H and O–H groups in total. The minimum Gasteiger partial charge on any atom is -0.330 e. The lowest BCUT2D eigenvalue weighted by atomic mass is 9.80. The van der Waals surface area contributed by atoms with Gasteiger partial charge in [-0.2, -0.15) is 0 Å². The molecule has 0 bridgehead atoms. The second kappa shape index (κ2) is 4.43. The molecule has 1 saturated heterocycles. The van der Waals surface area contributed by atoms with E-state index in [9.17, 15) is 0 Å². The maximum atomic E-state index is 5.61. The summed E-state index contributed by atoms with van der Waals surface area (Å²) in [5.41, 5.74) is 6.05. The molecule has 2 heteroatoms. The molecular weight excluding hydrogens is 160 g/mol. The van der Waals surface area contributed by atoms with Gasteiger partial charge >= 0.3 is 0 Å². The molecule has 1 aliphatic rings. The Bertz CT molecular complexity index is 154. The van der Waals surface area contributed by atoms with Gasteiger partial charge in [0.25, 0.3) is 0 Å². The molecule has 0 spiro atoms. The number of rotatable bonds is 4. The average molecular weight is 184 g/mol. The molecule has 0 aromatic rings. The van der Waals surface area contributed by atoms with E-state index in [0.29, 0.717) is 5.41 Å². The highest BCUT2D eigenvalue weighted by molar-refractivity contribution is 4.80. The lowest BCUT2D eigenvalue weighted by molar-refractivity contribution is 0.250. The summed E-state index contributed by atoms with van der Waals surface area (Å²) in [5.74, 6) is 0.909. The van der Waals surface area contributed by atoms with Crippen molar-refractivity contribution in [3.8, 4) is 0 Å². The predicted octanol–water partition coefficient (Wildman–Crippen LogP) is 1.70. The standard InChI is InChI=1S/C11H24N2/c1-11(2,5-6-12)8-10-4-7-13(3)9-10/h10H,4-9,12H2,1-3H3. The first-order chi connectivity index (χ1) is 6.03. The minimum absolute atomic E-state index is 0.449. The van der Waals surface area contributed by atoms with E-state index < -0.39 is 0 Å². The summed E-state index contributed by atoms with van der Waals surface area (Å²) in [7, 11) is 2.22. The number of hydrogen-bond acceptors (Lipinski definition) is 2. The number of likely N-dealkylation sites (tertiary alicyclic amines) is 1. The molecule has 1 heterocycles. The van der Waals surface area contributed by atoms with Crippen LogP contribution in [0.2, 0.25) is 0 Å². The van der Waals surface area contributed by atoms with Crippen LogP contribution in [0.5, 0.6) is 0 Å². The fourth-order valence-corrected chi connectivity index (χ4v) is 2.47. The van der Waals surface area contributed by atoms with Gasteiger partial charge in [0.1, 0.15) is 0 Å². The molecule has 78 valence electrons. The number of hydrogen-bond donors (Lipinski definition) is 1.